The molecule has 142 valence electrons. The molecule has 0 radical (unpaired) electrons. The number of halogens is 3. The molecule has 0 bridgehead atoms. The molecule has 1 aromatic carbocycles. The summed E-state index contributed by atoms with van der Waals surface area (Å²) in [6.45, 7) is 0. The lowest BCUT2D eigenvalue weighted by Gasteiger charge is -2.17. The van der Waals surface area contributed by atoms with Gasteiger partial charge in [0.05, 0.1) is 35.3 Å². The summed E-state index contributed by atoms with van der Waals surface area (Å²) in [7, 11) is 3.10. The first-order chi connectivity index (χ1) is 13.2. The van der Waals surface area contributed by atoms with E-state index in [9.17, 15) is 18.0 Å². The van der Waals surface area contributed by atoms with Crippen molar-refractivity contribution in [3.8, 4) is 17.5 Å². The van der Waals surface area contributed by atoms with E-state index in [0.29, 0.717) is 5.69 Å². The number of hydrogen-bond acceptors (Lipinski definition) is 4. The van der Waals surface area contributed by atoms with E-state index in [1.807, 2.05) is 0 Å². The molecule has 0 fully saturated rings. The van der Waals surface area contributed by atoms with Crippen LogP contribution in [0.1, 0.15) is 21.6 Å². The summed E-state index contributed by atoms with van der Waals surface area (Å²) >= 11 is 0. The molecule has 6 nitrogen and oxygen atoms in total. The SMILES string of the molecule is CN(C(=O)c1cnc(-c2ccc(C#N)c(C(F)(F)F)c2)n1C)c1cccnc1. The van der Waals surface area contributed by atoms with Crippen LogP contribution in [0.4, 0.5) is 18.9 Å². The van der Waals surface area contributed by atoms with Crippen LogP contribution in [0.3, 0.4) is 0 Å². The number of carbonyl (C=O) groups excluding carboxylic acids is 1. The van der Waals surface area contributed by atoms with Gasteiger partial charge < -0.3 is 9.47 Å². The number of amides is 1. The van der Waals surface area contributed by atoms with Gasteiger partial charge in [-0.1, -0.05) is 0 Å². The van der Waals surface area contributed by atoms with Crippen molar-refractivity contribution in [3.05, 3.63) is 65.7 Å². The lowest BCUT2D eigenvalue weighted by Crippen LogP contribution is -2.28. The van der Waals surface area contributed by atoms with E-state index < -0.39 is 17.3 Å². The number of carbonyl (C=O) groups is 1. The molecule has 0 aliphatic carbocycles. The van der Waals surface area contributed by atoms with E-state index in [1.165, 1.54) is 41.0 Å². The van der Waals surface area contributed by atoms with Crippen molar-refractivity contribution >= 4 is 11.6 Å². The molecule has 0 unspecified atom stereocenters. The Morgan fingerprint density at radius 2 is 2.00 bits per heavy atom. The van der Waals surface area contributed by atoms with Gasteiger partial charge >= 0.3 is 6.18 Å². The van der Waals surface area contributed by atoms with Crippen LogP contribution in [0, 0.1) is 11.3 Å². The van der Waals surface area contributed by atoms with Crippen molar-refractivity contribution in [2.45, 2.75) is 6.18 Å². The molecule has 0 aliphatic rings. The molecule has 0 saturated heterocycles. The van der Waals surface area contributed by atoms with Gasteiger partial charge in [-0.25, -0.2) is 4.98 Å². The third-order valence-corrected chi connectivity index (χ3v) is 4.25. The molecule has 1 amide bonds. The molecule has 28 heavy (non-hydrogen) atoms. The highest BCUT2D eigenvalue weighted by Crippen LogP contribution is 2.34. The average Bonchev–Trinajstić information content (AvgIpc) is 3.07. The van der Waals surface area contributed by atoms with Gasteiger partial charge in [0.15, 0.2) is 0 Å². The van der Waals surface area contributed by atoms with Crippen LogP contribution in [-0.4, -0.2) is 27.5 Å². The number of imidazole rings is 1. The van der Waals surface area contributed by atoms with Crippen LogP contribution in [0.15, 0.2) is 48.9 Å². The molecular weight excluding hydrogens is 371 g/mol. The minimum atomic E-state index is -4.68. The molecule has 0 spiro atoms. The lowest BCUT2D eigenvalue weighted by atomic mass is 10.0. The van der Waals surface area contributed by atoms with Crippen LogP contribution < -0.4 is 4.90 Å². The Bertz CT molecular complexity index is 1070. The van der Waals surface area contributed by atoms with Gasteiger partial charge in [0.1, 0.15) is 11.5 Å². The fraction of sp³-hybridized carbons (Fsp3) is 0.158. The van der Waals surface area contributed by atoms with Gasteiger partial charge in [-0.05, 0) is 30.3 Å². The number of anilines is 1. The lowest BCUT2D eigenvalue weighted by molar-refractivity contribution is -0.137. The van der Waals surface area contributed by atoms with Crippen LogP contribution in [0.2, 0.25) is 0 Å². The Hall–Kier alpha value is -3.67. The van der Waals surface area contributed by atoms with Gasteiger partial charge in [0.25, 0.3) is 5.91 Å². The average molecular weight is 385 g/mol. The Morgan fingerprint density at radius 3 is 2.61 bits per heavy atom. The van der Waals surface area contributed by atoms with Crippen molar-refractivity contribution in [3.63, 3.8) is 0 Å². The summed E-state index contributed by atoms with van der Waals surface area (Å²) in [5.74, 6) is -0.211. The van der Waals surface area contributed by atoms with Gasteiger partial charge in [0, 0.05) is 25.9 Å². The van der Waals surface area contributed by atoms with E-state index in [0.717, 1.165) is 12.1 Å². The number of alkyl halides is 3. The molecule has 0 atom stereocenters. The summed E-state index contributed by atoms with van der Waals surface area (Å²) in [5.41, 5.74) is -0.613. The molecular formula is C19H14F3N5O. The number of nitrogens with zero attached hydrogens (tertiary/aromatic N) is 5. The fourth-order valence-electron chi connectivity index (χ4n) is 2.73. The molecule has 0 aliphatic heterocycles. The van der Waals surface area contributed by atoms with Gasteiger partial charge in [0.2, 0.25) is 0 Å². The highest BCUT2D eigenvalue weighted by Gasteiger charge is 2.34. The molecule has 0 N–H and O–H groups in total. The monoisotopic (exact) mass is 385 g/mol. The number of nitriles is 1. The molecule has 2 heterocycles. The maximum atomic E-state index is 13.2. The predicted octanol–water partition coefficient (Wildman–Crippen LogP) is 3.65. The van der Waals surface area contributed by atoms with E-state index >= 15 is 0 Å². The summed E-state index contributed by atoms with van der Waals surface area (Å²) in [4.78, 5) is 22.2. The molecule has 0 saturated carbocycles. The largest absolute Gasteiger partial charge is 0.417 e. The normalized spacial score (nSPS) is 11.1. The predicted molar refractivity (Wildman–Crippen MR) is 95.3 cm³/mol. The van der Waals surface area contributed by atoms with E-state index in [-0.39, 0.29) is 23.0 Å². The smallest absolute Gasteiger partial charge is 0.323 e. The Kier molecular flexibility index (Phi) is 4.88. The Balaban J connectivity index is 2.00. The van der Waals surface area contributed by atoms with Crippen molar-refractivity contribution in [2.75, 3.05) is 11.9 Å². The van der Waals surface area contributed by atoms with Crippen LogP contribution >= 0.6 is 0 Å². The maximum absolute atomic E-state index is 13.2. The number of hydrogen-bond donors (Lipinski definition) is 0. The number of aromatic nitrogens is 3. The second-order valence-corrected chi connectivity index (χ2v) is 5.97. The fourth-order valence-corrected chi connectivity index (χ4v) is 2.73. The maximum Gasteiger partial charge on any atom is 0.417 e. The first-order valence-corrected chi connectivity index (χ1v) is 8.05. The zero-order chi connectivity index (χ0) is 20.5. The van der Waals surface area contributed by atoms with Crippen molar-refractivity contribution in [1.29, 1.82) is 5.26 Å². The molecule has 3 rings (SSSR count). The Labute approximate surface area is 158 Å². The summed E-state index contributed by atoms with van der Waals surface area (Å²) in [6, 6.07) is 8.25. The van der Waals surface area contributed by atoms with Crippen LogP contribution in [0.5, 0.6) is 0 Å². The minimum Gasteiger partial charge on any atom is -0.323 e. The zero-order valence-corrected chi connectivity index (χ0v) is 14.9. The van der Waals surface area contributed by atoms with Crippen molar-refractivity contribution in [2.24, 2.45) is 7.05 Å². The van der Waals surface area contributed by atoms with Crippen molar-refractivity contribution < 1.29 is 18.0 Å². The van der Waals surface area contributed by atoms with Gasteiger partial charge in [-0.3, -0.25) is 9.78 Å². The van der Waals surface area contributed by atoms with E-state index in [2.05, 4.69) is 9.97 Å². The minimum absolute atomic E-state index is 0.150. The quantitative estimate of drug-likeness (QED) is 0.690. The first-order valence-electron chi connectivity index (χ1n) is 8.05. The third kappa shape index (κ3) is 3.44. The molecule has 3 aromatic rings. The number of benzene rings is 1. The number of pyridine rings is 1. The zero-order valence-electron chi connectivity index (χ0n) is 14.9. The highest BCUT2D eigenvalue weighted by atomic mass is 19.4. The molecule has 9 heteroatoms. The number of rotatable bonds is 3. The van der Waals surface area contributed by atoms with E-state index in [1.54, 1.807) is 25.4 Å². The standard InChI is InChI=1S/C19H14F3N5O/c1-26(14-4-3-7-24-10-14)18(28)16-11-25-17(27(16)2)12-5-6-13(9-23)15(8-12)19(20,21)22/h3-8,10-11H,1-2H3. The summed E-state index contributed by atoms with van der Waals surface area (Å²) in [6.07, 6.45) is -0.278. The highest BCUT2D eigenvalue weighted by molar-refractivity contribution is 6.04. The van der Waals surface area contributed by atoms with Gasteiger partial charge in [-0.2, -0.15) is 18.4 Å². The summed E-state index contributed by atoms with van der Waals surface area (Å²) < 4.78 is 41.1. The van der Waals surface area contributed by atoms with Gasteiger partial charge in [-0.15, -0.1) is 0 Å². The van der Waals surface area contributed by atoms with Crippen molar-refractivity contribution in [1.82, 2.24) is 14.5 Å². The van der Waals surface area contributed by atoms with Crippen LogP contribution in [0.25, 0.3) is 11.4 Å². The summed E-state index contributed by atoms with van der Waals surface area (Å²) in [5, 5.41) is 8.92. The van der Waals surface area contributed by atoms with E-state index in [4.69, 9.17) is 5.26 Å². The molecule has 2 aromatic heterocycles. The first kappa shape index (κ1) is 19.1. The van der Waals surface area contributed by atoms with Crippen LogP contribution in [-0.2, 0) is 13.2 Å². The second-order valence-electron chi connectivity index (χ2n) is 5.97. The Morgan fingerprint density at radius 1 is 1.25 bits per heavy atom. The second kappa shape index (κ2) is 7.15. The third-order valence-electron chi connectivity index (χ3n) is 4.25. The topological polar surface area (TPSA) is 74.8 Å².